The molecular formula is C9H6N2O2. The molecule has 13 heavy (non-hydrogen) atoms. The van der Waals surface area contributed by atoms with E-state index in [-0.39, 0.29) is 0 Å². The summed E-state index contributed by atoms with van der Waals surface area (Å²) >= 11 is 0. The van der Waals surface area contributed by atoms with E-state index in [0.717, 1.165) is 0 Å². The van der Waals surface area contributed by atoms with E-state index < -0.39 is 0 Å². The Kier molecular flexibility index (Phi) is 1.64. The van der Waals surface area contributed by atoms with Gasteiger partial charge in [-0.05, 0) is 12.1 Å². The minimum Gasteiger partial charge on any atom is -0.505 e. The molecule has 0 aliphatic carbocycles. The summed E-state index contributed by atoms with van der Waals surface area (Å²) in [5.41, 5.74) is 1.67. The van der Waals surface area contributed by atoms with Crippen LogP contribution in [0.2, 0.25) is 0 Å². The van der Waals surface area contributed by atoms with Gasteiger partial charge in [-0.3, -0.25) is 0 Å². The quantitative estimate of drug-likeness (QED) is 0.623. The Bertz CT molecular complexity index is 482. The van der Waals surface area contributed by atoms with Crippen LogP contribution in [0.4, 0.5) is 5.69 Å². The van der Waals surface area contributed by atoms with E-state index in [1.807, 2.05) is 0 Å². The SMILES string of the molecule is [C-]#[N+]c1ccc2ocnc2c1OC. The minimum absolute atomic E-state index is 0.448. The molecule has 64 valence electrons. The zero-order valence-electron chi connectivity index (χ0n) is 6.94. The summed E-state index contributed by atoms with van der Waals surface area (Å²) in [6.07, 6.45) is 1.33. The standard InChI is InChI=1S/C9H6N2O2/c1-10-6-3-4-7-8(9(6)12-2)11-5-13-7/h3-5H,2H3. The summed E-state index contributed by atoms with van der Waals surface area (Å²) in [6.45, 7) is 6.90. The van der Waals surface area contributed by atoms with Gasteiger partial charge in [-0.2, -0.15) is 0 Å². The molecule has 4 heteroatoms. The number of fused-ring (bicyclic) bond motifs is 1. The van der Waals surface area contributed by atoms with Crippen molar-refractivity contribution in [3.05, 3.63) is 29.9 Å². The Labute approximate surface area is 74.6 Å². The Morgan fingerprint density at radius 1 is 1.54 bits per heavy atom. The van der Waals surface area contributed by atoms with Crippen LogP contribution >= 0.6 is 0 Å². The van der Waals surface area contributed by atoms with Crippen molar-refractivity contribution in [1.82, 2.24) is 4.98 Å². The zero-order chi connectivity index (χ0) is 9.26. The summed E-state index contributed by atoms with van der Waals surface area (Å²) in [6, 6.07) is 3.36. The van der Waals surface area contributed by atoms with E-state index in [4.69, 9.17) is 15.7 Å². The van der Waals surface area contributed by atoms with E-state index in [9.17, 15) is 0 Å². The van der Waals surface area contributed by atoms with Crippen molar-refractivity contribution >= 4 is 16.8 Å². The molecule has 0 atom stereocenters. The maximum absolute atomic E-state index is 6.90. The Balaban J connectivity index is 2.84. The fraction of sp³-hybridized carbons (Fsp3) is 0.111. The lowest BCUT2D eigenvalue weighted by atomic mass is 10.2. The molecule has 1 heterocycles. The van der Waals surface area contributed by atoms with Crippen LogP contribution < -0.4 is 4.74 Å². The molecule has 0 saturated heterocycles. The monoisotopic (exact) mass is 174 g/mol. The predicted molar refractivity (Wildman–Crippen MR) is 46.8 cm³/mol. The lowest BCUT2D eigenvalue weighted by molar-refractivity contribution is 0.421. The predicted octanol–water partition coefficient (Wildman–Crippen LogP) is 2.39. The van der Waals surface area contributed by atoms with E-state index in [2.05, 4.69) is 9.83 Å². The van der Waals surface area contributed by atoms with Crippen molar-refractivity contribution < 1.29 is 9.15 Å². The van der Waals surface area contributed by atoms with Crippen LogP contribution in [0, 0.1) is 6.57 Å². The first-order valence-corrected chi connectivity index (χ1v) is 3.64. The second-order valence-corrected chi connectivity index (χ2v) is 2.43. The molecule has 0 aliphatic rings. The number of aromatic nitrogens is 1. The van der Waals surface area contributed by atoms with Gasteiger partial charge in [-0.25, -0.2) is 9.83 Å². The van der Waals surface area contributed by atoms with E-state index in [0.29, 0.717) is 22.5 Å². The fourth-order valence-corrected chi connectivity index (χ4v) is 1.18. The van der Waals surface area contributed by atoms with E-state index >= 15 is 0 Å². The first-order valence-electron chi connectivity index (χ1n) is 3.64. The molecule has 0 bridgehead atoms. The molecular weight excluding hydrogens is 168 g/mol. The van der Waals surface area contributed by atoms with E-state index in [1.165, 1.54) is 13.5 Å². The maximum Gasteiger partial charge on any atom is 0.230 e. The number of hydrogen-bond acceptors (Lipinski definition) is 3. The highest BCUT2D eigenvalue weighted by atomic mass is 16.5. The van der Waals surface area contributed by atoms with Crippen molar-refractivity contribution in [2.45, 2.75) is 0 Å². The Morgan fingerprint density at radius 2 is 2.38 bits per heavy atom. The third-order valence-electron chi connectivity index (χ3n) is 1.76. The zero-order valence-corrected chi connectivity index (χ0v) is 6.94. The lowest BCUT2D eigenvalue weighted by Gasteiger charge is -2.01. The summed E-state index contributed by atoms with van der Waals surface area (Å²) in [5.74, 6) is 0.473. The van der Waals surface area contributed by atoms with Crippen molar-refractivity contribution in [1.29, 1.82) is 0 Å². The average Bonchev–Trinajstić information content (AvgIpc) is 2.63. The van der Waals surface area contributed by atoms with Gasteiger partial charge in [0.05, 0.1) is 13.7 Å². The van der Waals surface area contributed by atoms with Crippen LogP contribution in [0.3, 0.4) is 0 Å². The summed E-state index contributed by atoms with van der Waals surface area (Å²) < 4.78 is 10.1. The first-order chi connectivity index (χ1) is 6.36. The number of rotatable bonds is 1. The summed E-state index contributed by atoms with van der Waals surface area (Å²) in [7, 11) is 1.51. The van der Waals surface area contributed by atoms with Crippen LogP contribution in [0.5, 0.6) is 5.75 Å². The molecule has 0 N–H and O–H groups in total. The average molecular weight is 174 g/mol. The molecule has 0 saturated carbocycles. The second-order valence-electron chi connectivity index (χ2n) is 2.43. The summed E-state index contributed by atoms with van der Waals surface area (Å²) in [5, 5.41) is 0. The largest absolute Gasteiger partial charge is 0.505 e. The Morgan fingerprint density at radius 3 is 3.08 bits per heavy atom. The molecule has 1 aromatic carbocycles. The van der Waals surface area contributed by atoms with Crippen molar-refractivity contribution in [2.75, 3.05) is 7.11 Å². The topological polar surface area (TPSA) is 39.6 Å². The number of ether oxygens (including phenoxy) is 1. The highest BCUT2D eigenvalue weighted by molar-refractivity contribution is 5.86. The molecule has 0 unspecified atom stereocenters. The van der Waals surface area contributed by atoms with Crippen molar-refractivity contribution in [2.24, 2.45) is 0 Å². The van der Waals surface area contributed by atoms with Gasteiger partial charge in [0, 0.05) is 0 Å². The fourth-order valence-electron chi connectivity index (χ4n) is 1.18. The van der Waals surface area contributed by atoms with Gasteiger partial charge in [0.2, 0.25) is 5.69 Å². The number of nitrogens with zero attached hydrogens (tertiary/aromatic N) is 2. The molecule has 0 aliphatic heterocycles. The molecule has 0 spiro atoms. The van der Waals surface area contributed by atoms with Gasteiger partial charge in [0.15, 0.2) is 17.7 Å². The Hall–Kier alpha value is -2.02. The molecule has 1 aromatic heterocycles. The van der Waals surface area contributed by atoms with Gasteiger partial charge >= 0.3 is 0 Å². The van der Waals surface area contributed by atoms with Gasteiger partial charge in [-0.1, -0.05) is 0 Å². The lowest BCUT2D eigenvalue weighted by Crippen LogP contribution is -1.84. The van der Waals surface area contributed by atoms with Gasteiger partial charge in [0.25, 0.3) is 0 Å². The van der Waals surface area contributed by atoms with Crippen LogP contribution in [0.1, 0.15) is 0 Å². The minimum atomic E-state index is 0.448. The highest BCUT2D eigenvalue weighted by Gasteiger charge is 2.10. The van der Waals surface area contributed by atoms with Gasteiger partial charge < -0.3 is 9.15 Å². The molecule has 2 rings (SSSR count). The summed E-state index contributed by atoms with van der Waals surface area (Å²) in [4.78, 5) is 7.28. The first kappa shape index (κ1) is 7.62. The van der Waals surface area contributed by atoms with Crippen LogP contribution in [-0.2, 0) is 0 Å². The molecule has 2 aromatic rings. The molecule has 4 nitrogen and oxygen atoms in total. The highest BCUT2D eigenvalue weighted by Crippen LogP contribution is 2.34. The van der Waals surface area contributed by atoms with Crippen LogP contribution in [0.15, 0.2) is 22.9 Å². The number of hydrogen-bond donors (Lipinski definition) is 0. The number of benzene rings is 1. The smallest absolute Gasteiger partial charge is 0.230 e. The third-order valence-corrected chi connectivity index (χ3v) is 1.76. The normalized spacial score (nSPS) is 9.85. The number of methoxy groups -OCH3 is 1. The van der Waals surface area contributed by atoms with Crippen molar-refractivity contribution in [3.63, 3.8) is 0 Å². The van der Waals surface area contributed by atoms with Crippen LogP contribution in [-0.4, -0.2) is 12.1 Å². The van der Waals surface area contributed by atoms with Gasteiger partial charge in [0.1, 0.15) is 5.52 Å². The maximum atomic E-state index is 6.90. The molecule has 0 fully saturated rings. The van der Waals surface area contributed by atoms with Crippen LogP contribution in [0.25, 0.3) is 15.9 Å². The third kappa shape index (κ3) is 1.02. The second kappa shape index (κ2) is 2.79. The van der Waals surface area contributed by atoms with E-state index in [1.54, 1.807) is 12.1 Å². The van der Waals surface area contributed by atoms with Gasteiger partial charge in [-0.15, -0.1) is 0 Å². The molecule has 0 radical (unpaired) electrons. The number of oxazole rings is 1. The molecule has 0 amide bonds. The van der Waals surface area contributed by atoms with Crippen molar-refractivity contribution in [3.8, 4) is 5.75 Å².